The highest BCUT2D eigenvalue weighted by Gasteiger charge is 2.23. The molecule has 142 valence electrons. The number of oxazole rings is 1. The van der Waals surface area contributed by atoms with Crippen LogP contribution in [0.4, 0.5) is 0 Å². The van der Waals surface area contributed by atoms with Gasteiger partial charge in [0.1, 0.15) is 12.3 Å². The molecule has 1 aromatic rings. The van der Waals surface area contributed by atoms with Crippen LogP contribution in [-0.4, -0.2) is 47.9 Å². The first-order valence-corrected chi connectivity index (χ1v) is 8.53. The minimum absolute atomic E-state index is 0. The summed E-state index contributed by atoms with van der Waals surface area (Å²) >= 11 is 0. The van der Waals surface area contributed by atoms with Gasteiger partial charge in [0.25, 0.3) is 0 Å². The lowest BCUT2D eigenvalue weighted by Crippen LogP contribution is -2.51. The fraction of sp³-hybridized carbons (Fsp3) is 0.706. The van der Waals surface area contributed by atoms with E-state index in [0.717, 1.165) is 24.7 Å². The Morgan fingerprint density at radius 2 is 2.20 bits per heavy atom. The number of nitrogens with zero attached hydrogens (tertiary/aromatic N) is 3. The number of hydrogen-bond acceptors (Lipinski definition) is 4. The second kappa shape index (κ2) is 9.40. The summed E-state index contributed by atoms with van der Waals surface area (Å²) in [4.78, 5) is 22.2. The molecule has 7 nitrogen and oxygen atoms in total. The molecule has 0 radical (unpaired) electrons. The molecule has 0 aliphatic carbocycles. The number of likely N-dealkylation sites (N-methyl/N-ethyl adjacent to an activating group) is 1. The zero-order valence-corrected chi connectivity index (χ0v) is 18.1. The molecule has 1 amide bonds. The van der Waals surface area contributed by atoms with Gasteiger partial charge in [0.2, 0.25) is 11.8 Å². The molecule has 1 fully saturated rings. The molecule has 25 heavy (non-hydrogen) atoms. The Morgan fingerprint density at radius 3 is 2.76 bits per heavy atom. The number of guanidine groups is 1. The number of carbonyl (C=O) groups excluding carboxylic acids is 1. The third-order valence-electron chi connectivity index (χ3n) is 3.98. The molecule has 8 heteroatoms. The molecule has 0 saturated carbocycles. The third-order valence-corrected chi connectivity index (χ3v) is 3.98. The van der Waals surface area contributed by atoms with Crippen molar-refractivity contribution in [1.82, 2.24) is 20.5 Å². The number of likely N-dealkylation sites (tertiary alicyclic amines) is 1. The van der Waals surface area contributed by atoms with Crippen LogP contribution in [0.15, 0.2) is 15.6 Å². The van der Waals surface area contributed by atoms with E-state index >= 15 is 0 Å². The second-order valence-corrected chi connectivity index (χ2v) is 7.22. The van der Waals surface area contributed by atoms with Gasteiger partial charge in [-0.15, -0.1) is 24.0 Å². The lowest BCUT2D eigenvalue weighted by Gasteiger charge is -2.31. The van der Waals surface area contributed by atoms with E-state index in [1.54, 1.807) is 11.1 Å². The highest BCUT2D eigenvalue weighted by atomic mass is 127. The van der Waals surface area contributed by atoms with Crippen LogP contribution in [-0.2, 0) is 16.8 Å². The Kier molecular flexibility index (Phi) is 8.17. The van der Waals surface area contributed by atoms with E-state index in [9.17, 15) is 4.79 Å². The number of aromatic nitrogens is 1. The number of amides is 1. The van der Waals surface area contributed by atoms with Crippen LogP contribution in [0.25, 0.3) is 0 Å². The quantitative estimate of drug-likeness (QED) is 0.407. The summed E-state index contributed by atoms with van der Waals surface area (Å²) in [5.74, 6) is 2.39. The molecular formula is C17H30IN5O2. The van der Waals surface area contributed by atoms with Gasteiger partial charge >= 0.3 is 0 Å². The first-order valence-electron chi connectivity index (χ1n) is 8.53. The molecule has 1 unspecified atom stereocenters. The fourth-order valence-corrected chi connectivity index (χ4v) is 2.52. The molecular weight excluding hydrogens is 433 g/mol. The van der Waals surface area contributed by atoms with Gasteiger partial charge in [0.05, 0.1) is 6.20 Å². The van der Waals surface area contributed by atoms with Crippen molar-refractivity contribution in [1.29, 1.82) is 0 Å². The van der Waals surface area contributed by atoms with E-state index in [0.29, 0.717) is 25.4 Å². The number of rotatable bonds is 4. The maximum absolute atomic E-state index is 11.6. The van der Waals surface area contributed by atoms with E-state index in [1.165, 1.54) is 0 Å². The average molecular weight is 463 g/mol. The van der Waals surface area contributed by atoms with E-state index < -0.39 is 0 Å². The van der Waals surface area contributed by atoms with Crippen LogP contribution in [0.5, 0.6) is 0 Å². The molecule has 0 spiro atoms. The Balaban J connectivity index is 0.00000312. The van der Waals surface area contributed by atoms with Gasteiger partial charge in [-0.05, 0) is 13.3 Å². The molecule has 0 aromatic carbocycles. The zero-order chi connectivity index (χ0) is 17.7. The lowest BCUT2D eigenvalue weighted by molar-refractivity contribution is -0.132. The smallest absolute Gasteiger partial charge is 0.222 e. The summed E-state index contributed by atoms with van der Waals surface area (Å²) in [6.45, 7) is 10.1. The van der Waals surface area contributed by atoms with Gasteiger partial charge in [-0.3, -0.25) is 4.79 Å². The van der Waals surface area contributed by atoms with Crippen LogP contribution in [0.3, 0.4) is 0 Å². The first kappa shape index (κ1) is 21.7. The van der Waals surface area contributed by atoms with Crippen molar-refractivity contribution in [2.24, 2.45) is 4.99 Å². The van der Waals surface area contributed by atoms with Gasteiger partial charge in [0.15, 0.2) is 5.96 Å². The standard InChI is InChI=1S/C17H29N5O2.HI/c1-6-18-16(21-12-7-8-15(23)22(5)11-12)20-10-14-19-9-13(24-14)17(2,3)4;/h9,12H,6-8,10-11H2,1-5H3,(H2,18,20,21);1H. The molecule has 1 atom stereocenters. The van der Waals surface area contributed by atoms with E-state index in [1.807, 2.05) is 14.0 Å². The van der Waals surface area contributed by atoms with Gasteiger partial charge < -0.3 is 20.0 Å². The Morgan fingerprint density at radius 1 is 1.48 bits per heavy atom. The Hall–Kier alpha value is -1.32. The van der Waals surface area contributed by atoms with Crippen molar-refractivity contribution in [2.45, 2.75) is 58.5 Å². The summed E-state index contributed by atoms with van der Waals surface area (Å²) in [6.07, 6.45) is 3.16. The van der Waals surface area contributed by atoms with Crippen molar-refractivity contribution in [2.75, 3.05) is 20.1 Å². The molecule has 1 aliphatic rings. The molecule has 1 aliphatic heterocycles. The molecule has 2 N–H and O–H groups in total. The number of halogens is 1. The maximum Gasteiger partial charge on any atom is 0.222 e. The molecule has 1 saturated heterocycles. The minimum atomic E-state index is -0.0586. The summed E-state index contributed by atoms with van der Waals surface area (Å²) < 4.78 is 5.77. The van der Waals surface area contributed by atoms with Crippen LogP contribution in [0.2, 0.25) is 0 Å². The van der Waals surface area contributed by atoms with E-state index in [2.05, 4.69) is 41.4 Å². The van der Waals surface area contributed by atoms with Crippen molar-refractivity contribution < 1.29 is 9.21 Å². The topological polar surface area (TPSA) is 82.8 Å². The highest BCUT2D eigenvalue weighted by Crippen LogP contribution is 2.22. The monoisotopic (exact) mass is 463 g/mol. The van der Waals surface area contributed by atoms with Gasteiger partial charge in [-0.1, -0.05) is 20.8 Å². The van der Waals surface area contributed by atoms with Crippen molar-refractivity contribution in [3.05, 3.63) is 17.8 Å². The predicted octanol–water partition coefficient (Wildman–Crippen LogP) is 2.27. The highest BCUT2D eigenvalue weighted by molar-refractivity contribution is 14.0. The second-order valence-electron chi connectivity index (χ2n) is 7.22. The lowest BCUT2D eigenvalue weighted by atomic mass is 9.94. The summed E-state index contributed by atoms with van der Waals surface area (Å²) in [7, 11) is 1.83. The molecule has 1 aromatic heterocycles. The normalized spacial score (nSPS) is 18.8. The predicted molar refractivity (Wildman–Crippen MR) is 109 cm³/mol. The van der Waals surface area contributed by atoms with Crippen molar-refractivity contribution in [3.63, 3.8) is 0 Å². The first-order chi connectivity index (χ1) is 11.3. The number of hydrogen-bond donors (Lipinski definition) is 2. The van der Waals surface area contributed by atoms with Crippen LogP contribution in [0.1, 0.15) is 52.2 Å². The van der Waals surface area contributed by atoms with Crippen LogP contribution in [0, 0.1) is 0 Å². The summed E-state index contributed by atoms with van der Waals surface area (Å²) in [6, 6.07) is 0.209. The van der Waals surface area contributed by atoms with E-state index in [4.69, 9.17) is 4.42 Å². The number of aliphatic imine (C=N–C) groups is 1. The fourth-order valence-electron chi connectivity index (χ4n) is 2.52. The largest absolute Gasteiger partial charge is 0.443 e. The van der Waals surface area contributed by atoms with Crippen LogP contribution < -0.4 is 10.6 Å². The molecule has 2 rings (SSSR count). The molecule has 0 bridgehead atoms. The van der Waals surface area contributed by atoms with Gasteiger partial charge in [-0.2, -0.15) is 0 Å². The van der Waals surface area contributed by atoms with Crippen molar-refractivity contribution in [3.8, 4) is 0 Å². The summed E-state index contributed by atoms with van der Waals surface area (Å²) in [5, 5.41) is 6.62. The number of piperidine rings is 1. The SMILES string of the molecule is CCNC(=NCc1ncc(C(C)(C)C)o1)NC1CCC(=O)N(C)C1.I. The Labute approximate surface area is 167 Å². The maximum atomic E-state index is 11.6. The van der Waals surface area contributed by atoms with E-state index in [-0.39, 0.29) is 41.3 Å². The zero-order valence-electron chi connectivity index (χ0n) is 15.8. The van der Waals surface area contributed by atoms with Gasteiger partial charge in [0, 0.05) is 38.0 Å². The number of carbonyl (C=O) groups is 1. The molecule has 2 heterocycles. The number of nitrogens with one attached hydrogen (secondary N) is 2. The third kappa shape index (κ3) is 6.48. The average Bonchev–Trinajstić information content (AvgIpc) is 2.98. The van der Waals surface area contributed by atoms with Gasteiger partial charge in [-0.25, -0.2) is 9.98 Å². The van der Waals surface area contributed by atoms with Crippen molar-refractivity contribution >= 4 is 35.8 Å². The minimum Gasteiger partial charge on any atom is -0.443 e. The van der Waals surface area contributed by atoms with Crippen LogP contribution >= 0.6 is 24.0 Å². The summed E-state index contributed by atoms with van der Waals surface area (Å²) in [5.41, 5.74) is -0.0586. The Bertz CT molecular complexity index is 594.